The largest absolute Gasteiger partial charge is 0.392 e. The summed E-state index contributed by atoms with van der Waals surface area (Å²) >= 11 is 9.21. The summed E-state index contributed by atoms with van der Waals surface area (Å²) in [5, 5.41) is 9.45. The SMILES string of the molecule is OCc1cc(-c2ccc(Br)cc2)cnc1Cl. The molecular weight excluding hydrogens is 289 g/mol. The zero-order valence-corrected chi connectivity index (χ0v) is 10.7. The average Bonchev–Trinajstić information content (AvgIpc) is 2.31. The fourth-order valence-corrected chi connectivity index (χ4v) is 1.83. The van der Waals surface area contributed by atoms with Gasteiger partial charge in [-0.15, -0.1) is 0 Å². The van der Waals surface area contributed by atoms with Crippen LogP contribution in [0.3, 0.4) is 0 Å². The van der Waals surface area contributed by atoms with Gasteiger partial charge in [-0.3, -0.25) is 0 Å². The number of nitrogens with zero attached hydrogens (tertiary/aromatic N) is 1. The lowest BCUT2D eigenvalue weighted by Gasteiger charge is -2.05. The molecule has 0 aliphatic heterocycles. The Morgan fingerprint density at radius 3 is 2.50 bits per heavy atom. The molecule has 1 heterocycles. The molecule has 0 saturated heterocycles. The molecule has 4 heteroatoms. The highest BCUT2D eigenvalue weighted by atomic mass is 79.9. The standard InChI is InChI=1S/C12H9BrClNO/c13-11-3-1-8(2-4-11)9-5-10(7-16)12(14)15-6-9/h1-6,16H,7H2. The Bertz CT molecular complexity index is 499. The van der Waals surface area contributed by atoms with Crippen molar-refractivity contribution in [3.63, 3.8) is 0 Å². The lowest BCUT2D eigenvalue weighted by molar-refractivity contribution is 0.281. The van der Waals surface area contributed by atoms with Crippen LogP contribution in [0.4, 0.5) is 0 Å². The van der Waals surface area contributed by atoms with Gasteiger partial charge in [0.2, 0.25) is 0 Å². The number of benzene rings is 1. The number of hydrogen-bond donors (Lipinski definition) is 1. The summed E-state index contributed by atoms with van der Waals surface area (Å²) in [7, 11) is 0. The van der Waals surface area contributed by atoms with Crippen molar-refractivity contribution in [2.75, 3.05) is 0 Å². The van der Waals surface area contributed by atoms with E-state index in [1.807, 2.05) is 30.3 Å². The second-order valence-electron chi connectivity index (χ2n) is 3.34. The highest BCUT2D eigenvalue weighted by molar-refractivity contribution is 9.10. The molecule has 1 N–H and O–H groups in total. The van der Waals surface area contributed by atoms with E-state index in [1.165, 1.54) is 0 Å². The third-order valence-electron chi connectivity index (χ3n) is 2.26. The molecule has 16 heavy (non-hydrogen) atoms. The maximum absolute atomic E-state index is 9.10. The number of hydrogen-bond acceptors (Lipinski definition) is 2. The van der Waals surface area contributed by atoms with Gasteiger partial charge in [-0.1, -0.05) is 39.7 Å². The Balaban J connectivity index is 2.44. The van der Waals surface area contributed by atoms with E-state index in [2.05, 4.69) is 20.9 Å². The number of pyridine rings is 1. The monoisotopic (exact) mass is 297 g/mol. The minimum absolute atomic E-state index is 0.101. The van der Waals surface area contributed by atoms with Crippen LogP contribution < -0.4 is 0 Å². The van der Waals surface area contributed by atoms with Crippen LogP contribution in [0.1, 0.15) is 5.56 Å². The zero-order valence-electron chi connectivity index (χ0n) is 8.32. The van der Waals surface area contributed by atoms with Crippen LogP contribution in [0.2, 0.25) is 5.15 Å². The fourth-order valence-electron chi connectivity index (χ4n) is 1.40. The minimum Gasteiger partial charge on any atom is -0.392 e. The molecule has 1 aromatic carbocycles. The summed E-state index contributed by atoms with van der Waals surface area (Å²) < 4.78 is 1.03. The van der Waals surface area contributed by atoms with Gasteiger partial charge in [0.25, 0.3) is 0 Å². The molecule has 0 fully saturated rings. The lowest BCUT2D eigenvalue weighted by atomic mass is 10.1. The van der Waals surface area contributed by atoms with Crippen molar-refractivity contribution in [3.8, 4) is 11.1 Å². The van der Waals surface area contributed by atoms with Crippen molar-refractivity contribution in [1.29, 1.82) is 0 Å². The van der Waals surface area contributed by atoms with Crippen molar-refractivity contribution in [2.24, 2.45) is 0 Å². The van der Waals surface area contributed by atoms with Crippen molar-refractivity contribution in [3.05, 3.63) is 51.7 Å². The van der Waals surface area contributed by atoms with Crippen molar-refractivity contribution >= 4 is 27.5 Å². The summed E-state index contributed by atoms with van der Waals surface area (Å²) in [4.78, 5) is 4.04. The molecule has 0 aliphatic carbocycles. The molecule has 82 valence electrons. The van der Waals surface area contributed by atoms with E-state index >= 15 is 0 Å². The van der Waals surface area contributed by atoms with Gasteiger partial charge in [0.15, 0.2) is 0 Å². The third kappa shape index (κ3) is 2.43. The average molecular weight is 299 g/mol. The van der Waals surface area contributed by atoms with Crippen LogP contribution in [0, 0.1) is 0 Å². The Labute approximate surface area is 107 Å². The van der Waals surface area contributed by atoms with Gasteiger partial charge in [-0.05, 0) is 23.8 Å². The smallest absolute Gasteiger partial charge is 0.134 e. The molecule has 0 saturated carbocycles. The van der Waals surface area contributed by atoms with E-state index < -0.39 is 0 Å². The number of rotatable bonds is 2. The lowest BCUT2D eigenvalue weighted by Crippen LogP contribution is -1.90. The van der Waals surface area contributed by atoms with E-state index in [0.29, 0.717) is 10.7 Å². The van der Waals surface area contributed by atoms with Crippen LogP contribution in [0.5, 0.6) is 0 Å². The predicted molar refractivity (Wildman–Crippen MR) is 68.3 cm³/mol. The van der Waals surface area contributed by atoms with Gasteiger partial charge in [0.05, 0.1) is 6.61 Å². The van der Waals surface area contributed by atoms with E-state index in [-0.39, 0.29) is 6.61 Å². The number of aliphatic hydroxyl groups excluding tert-OH is 1. The Morgan fingerprint density at radius 2 is 1.88 bits per heavy atom. The minimum atomic E-state index is -0.101. The molecule has 0 unspecified atom stereocenters. The first-order chi connectivity index (χ1) is 7.70. The summed E-state index contributed by atoms with van der Waals surface area (Å²) in [6.07, 6.45) is 1.70. The molecule has 0 radical (unpaired) electrons. The van der Waals surface area contributed by atoms with Gasteiger partial charge in [-0.2, -0.15) is 0 Å². The first-order valence-corrected chi connectivity index (χ1v) is 5.89. The van der Waals surface area contributed by atoms with Crippen molar-refractivity contribution < 1.29 is 5.11 Å². The summed E-state index contributed by atoms with van der Waals surface area (Å²) in [5.41, 5.74) is 2.63. The van der Waals surface area contributed by atoms with Crippen LogP contribution >= 0.6 is 27.5 Å². The van der Waals surface area contributed by atoms with Crippen LogP contribution in [0.15, 0.2) is 41.0 Å². The van der Waals surface area contributed by atoms with Crippen molar-refractivity contribution in [1.82, 2.24) is 4.98 Å². The van der Waals surface area contributed by atoms with Gasteiger partial charge in [-0.25, -0.2) is 4.98 Å². The maximum Gasteiger partial charge on any atom is 0.134 e. The molecule has 0 spiro atoms. The van der Waals surface area contributed by atoms with Gasteiger partial charge < -0.3 is 5.11 Å². The maximum atomic E-state index is 9.10. The van der Waals surface area contributed by atoms with Gasteiger partial charge >= 0.3 is 0 Å². The fraction of sp³-hybridized carbons (Fsp3) is 0.0833. The van der Waals surface area contributed by atoms with E-state index in [9.17, 15) is 0 Å². The first-order valence-electron chi connectivity index (χ1n) is 4.72. The molecule has 2 rings (SSSR count). The molecule has 2 nitrogen and oxygen atoms in total. The molecule has 0 amide bonds. The molecule has 0 aliphatic rings. The summed E-state index contributed by atoms with van der Waals surface area (Å²) in [6, 6.07) is 9.73. The highest BCUT2D eigenvalue weighted by Gasteiger charge is 2.04. The Morgan fingerprint density at radius 1 is 1.19 bits per heavy atom. The van der Waals surface area contributed by atoms with Crippen LogP contribution in [-0.2, 0) is 6.61 Å². The third-order valence-corrected chi connectivity index (χ3v) is 3.13. The zero-order chi connectivity index (χ0) is 11.5. The van der Waals surface area contributed by atoms with Gasteiger partial charge in [0.1, 0.15) is 5.15 Å². The highest BCUT2D eigenvalue weighted by Crippen LogP contribution is 2.24. The van der Waals surface area contributed by atoms with Crippen LogP contribution in [-0.4, -0.2) is 10.1 Å². The topological polar surface area (TPSA) is 33.1 Å². The Hall–Kier alpha value is -0.900. The molecule has 2 aromatic rings. The first kappa shape index (κ1) is 11.6. The second-order valence-corrected chi connectivity index (χ2v) is 4.61. The number of halogens is 2. The number of aromatic nitrogens is 1. The normalized spacial score (nSPS) is 10.4. The Kier molecular flexibility index (Phi) is 3.59. The quantitative estimate of drug-likeness (QED) is 0.858. The second kappa shape index (κ2) is 4.95. The predicted octanol–water partition coefficient (Wildman–Crippen LogP) is 3.66. The summed E-state index contributed by atoms with van der Waals surface area (Å²) in [6.45, 7) is -0.101. The van der Waals surface area contributed by atoms with E-state index in [4.69, 9.17) is 16.7 Å². The molecule has 1 aromatic heterocycles. The van der Waals surface area contributed by atoms with Gasteiger partial charge in [0, 0.05) is 21.8 Å². The molecule has 0 atom stereocenters. The van der Waals surface area contributed by atoms with Crippen molar-refractivity contribution in [2.45, 2.75) is 6.61 Å². The summed E-state index contributed by atoms with van der Waals surface area (Å²) in [5.74, 6) is 0. The van der Waals surface area contributed by atoms with Crippen LogP contribution in [0.25, 0.3) is 11.1 Å². The van der Waals surface area contributed by atoms with E-state index in [0.717, 1.165) is 15.6 Å². The molecule has 0 bridgehead atoms. The molecular formula is C12H9BrClNO. The number of aliphatic hydroxyl groups is 1. The van der Waals surface area contributed by atoms with E-state index in [1.54, 1.807) is 6.20 Å².